The molecule has 7 nitrogen and oxygen atoms in total. The Morgan fingerprint density at radius 3 is 2.52 bits per heavy atom. The van der Waals surface area contributed by atoms with Crippen molar-refractivity contribution in [1.29, 1.82) is 0 Å². The van der Waals surface area contributed by atoms with Gasteiger partial charge in [-0.1, -0.05) is 11.6 Å². The van der Waals surface area contributed by atoms with Crippen LogP contribution in [0, 0.1) is 13.8 Å². The molecular weight excluding hydrogens is 366 g/mol. The van der Waals surface area contributed by atoms with Crippen LogP contribution >= 0.6 is 11.6 Å². The lowest BCUT2D eigenvalue weighted by atomic mass is 10.1. The first-order valence-electron chi connectivity index (χ1n) is 8.28. The summed E-state index contributed by atoms with van der Waals surface area (Å²) in [7, 11) is 5.26. The van der Waals surface area contributed by atoms with Crippen molar-refractivity contribution in [3.63, 3.8) is 0 Å². The monoisotopic (exact) mass is 385 g/mol. The zero-order valence-electron chi connectivity index (χ0n) is 15.8. The number of halogens is 1. The number of benzene rings is 1. The quantitative estimate of drug-likeness (QED) is 0.738. The van der Waals surface area contributed by atoms with Gasteiger partial charge in [0.05, 0.1) is 17.5 Å². The van der Waals surface area contributed by atoms with Gasteiger partial charge in [0, 0.05) is 25.5 Å². The minimum Gasteiger partial charge on any atom is -0.495 e. The number of pyridine rings is 1. The molecule has 2 heterocycles. The van der Waals surface area contributed by atoms with E-state index in [2.05, 4.69) is 20.3 Å². The maximum Gasteiger partial charge on any atom is 0.293 e. The van der Waals surface area contributed by atoms with Gasteiger partial charge in [-0.2, -0.15) is 0 Å². The maximum absolute atomic E-state index is 12.7. The normalized spacial score (nSPS) is 10.7. The van der Waals surface area contributed by atoms with E-state index < -0.39 is 5.91 Å². The van der Waals surface area contributed by atoms with Gasteiger partial charge in [0.1, 0.15) is 11.6 Å². The summed E-state index contributed by atoms with van der Waals surface area (Å²) in [5, 5.41) is 3.99. The van der Waals surface area contributed by atoms with E-state index in [1.807, 2.05) is 38.9 Å². The predicted molar refractivity (Wildman–Crippen MR) is 107 cm³/mol. The fourth-order valence-electron chi connectivity index (χ4n) is 2.81. The molecule has 0 aliphatic rings. The number of carbonyl (C=O) groups is 1. The van der Waals surface area contributed by atoms with Crippen LogP contribution in [0.15, 0.2) is 24.3 Å². The lowest BCUT2D eigenvalue weighted by molar-refractivity contribution is 0.101. The first-order valence-corrected chi connectivity index (χ1v) is 8.66. The van der Waals surface area contributed by atoms with Crippen LogP contribution < -0.4 is 15.0 Å². The fraction of sp³-hybridized carbons (Fsp3) is 0.263. The Hall–Kier alpha value is -2.93. The van der Waals surface area contributed by atoms with Crippen LogP contribution in [0.5, 0.6) is 5.75 Å². The van der Waals surface area contributed by atoms with Gasteiger partial charge in [-0.05, 0) is 43.7 Å². The molecule has 140 valence electrons. The average molecular weight is 386 g/mol. The third-order valence-corrected chi connectivity index (χ3v) is 4.30. The zero-order chi connectivity index (χ0) is 19.7. The molecule has 1 N–H and O–H groups in total. The smallest absolute Gasteiger partial charge is 0.293 e. The summed E-state index contributed by atoms with van der Waals surface area (Å²) in [5.74, 6) is 0.766. The summed E-state index contributed by atoms with van der Waals surface area (Å²) in [6, 6.07) is 6.96. The molecular formula is C19H20ClN5O2. The second-order valence-electron chi connectivity index (χ2n) is 6.35. The van der Waals surface area contributed by atoms with Crippen molar-refractivity contribution in [2.24, 2.45) is 0 Å². The highest BCUT2D eigenvalue weighted by Crippen LogP contribution is 2.28. The van der Waals surface area contributed by atoms with Crippen LogP contribution in [0.1, 0.15) is 21.9 Å². The Bertz CT molecular complexity index is 1040. The minimum atomic E-state index is -0.442. The predicted octanol–water partition coefficient (Wildman–Crippen LogP) is 3.62. The molecule has 0 atom stereocenters. The molecule has 0 bridgehead atoms. The van der Waals surface area contributed by atoms with Crippen molar-refractivity contribution < 1.29 is 9.53 Å². The molecule has 0 spiro atoms. The van der Waals surface area contributed by atoms with Crippen LogP contribution in [0.25, 0.3) is 11.0 Å². The second kappa shape index (κ2) is 7.36. The van der Waals surface area contributed by atoms with Gasteiger partial charge in [-0.25, -0.2) is 15.0 Å². The molecule has 1 aromatic carbocycles. The Morgan fingerprint density at radius 1 is 1.15 bits per heavy atom. The number of fused-ring (bicyclic) bond motifs is 1. The largest absolute Gasteiger partial charge is 0.495 e. The standard InChI is InChI=1S/C19H20ClN5O2/c1-10-8-11(2)21-16-15(10)18(25(3)4)24-17(23-16)19(26)22-12-6-7-14(27-5)13(20)9-12/h6-9H,1-5H3,(H,22,26). The summed E-state index contributed by atoms with van der Waals surface area (Å²) < 4.78 is 5.12. The Balaban J connectivity index is 2.03. The van der Waals surface area contributed by atoms with Gasteiger partial charge in [0.15, 0.2) is 5.65 Å². The minimum absolute atomic E-state index is 0.0376. The van der Waals surface area contributed by atoms with E-state index in [9.17, 15) is 4.79 Å². The Morgan fingerprint density at radius 2 is 1.89 bits per heavy atom. The number of hydrogen-bond acceptors (Lipinski definition) is 6. The summed E-state index contributed by atoms with van der Waals surface area (Å²) >= 11 is 6.11. The SMILES string of the molecule is COc1ccc(NC(=O)c2nc(N(C)C)c3c(C)cc(C)nc3n2)cc1Cl. The molecule has 0 saturated carbocycles. The van der Waals surface area contributed by atoms with Crippen molar-refractivity contribution in [1.82, 2.24) is 15.0 Å². The molecule has 2 aromatic heterocycles. The Kier molecular flexibility index (Phi) is 5.14. The molecule has 3 rings (SSSR count). The third-order valence-electron chi connectivity index (χ3n) is 4.01. The number of carbonyl (C=O) groups excluding carboxylic acids is 1. The van der Waals surface area contributed by atoms with Crippen LogP contribution in [-0.2, 0) is 0 Å². The van der Waals surface area contributed by atoms with E-state index in [0.717, 1.165) is 16.6 Å². The first kappa shape index (κ1) is 18.8. The van der Waals surface area contributed by atoms with E-state index in [1.165, 1.54) is 7.11 Å². The van der Waals surface area contributed by atoms with Crippen LogP contribution in [-0.4, -0.2) is 42.1 Å². The van der Waals surface area contributed by atoms with Gasteiger partial charge in [-0.15, -0.1) is 0 Å². The summed E-state index contributed by atoms with van der Waals surface area (Å²) in [4.78, 5) is 27.8. The zero-order valence-corrected chi connectivity index (χ0v) is 16.5. The molecule has 3 aromatic rings. The highest BCUT2D eigenvalue weighted by molar-refractivity contribution is 6.32. The molecule has 0 aliphatic heterocycles. The van der Waals surface area contributed by atoms with E-state index in [-0.39, 0.29) is 5.82 Å². The van der Waals surface area contributed by atoms with E-state index in [4.69, 9.17) is 16.3 Å². The van der Waals surface area contributed by atoms with Crippen molar-refractivity contribution in [2.45, 2.75) is 13.8 Å². The maximum atomic E-state index is 12.7. The van der Waals surface area contributed by atoms with Crippen LogP contribution in [0.4, 0.5) is 11.5 Å². The van der Waals surface area contributed by atoms with Gasteiger partial charge < -0.3 is 15.0 Å². The molecule has 0 saturated heterocycles. The van der Waals surface area contributed by atoms with Gasteiger partial charge in [0.25, 0.3) is 5.91 Å². The number of aromatic nitrogens is 3. The van der Waals surface area contributed by atoms with Gasteiger partial charge >= 0.3 is 0 Å². The van der Waals surface area contributed by atoms with Crippen molar-refractivity contribution in [3.8, 4) is 5.75 Å². The van der Waals surface area contributed by atoms with Crippen molar-refractivity contribution >= 4 is 40.0 Å². The van der Waals surface area contributed by atoms with Gasteiger partial charge in [-0.3, -0.25) is 4.79 Å². The summed E-state index contributed by atoms with van der Waals surface area (Å²) in [6.45, 7) is 3.87. The molecule has 0 unspecified atom stereocenters. The average Bonchev–Trinajstić information content (AvgIpc) is 2.60. The van der Waals surface area contributed by atoms with E-state index in [1.54, 1.807) is 18.2 Å². The number of aryl methyl sites for hydroxylation is 2. The van der Waals surface area contributed by atoms with Crippen LogP contribution in [0.3, 0.4) is 0 Å². The molecule has 1 amide bonds. The number of ether oxygens (including phenoxy) is 1. The lowest BCUT2D eigenvalue weighted by Gasteiger charge is -2.16. The Labute approximate surface area is 162 Å². The van der Waals surface area contributed by atoms with Crippen LogP contribution in [0.2, 0.25) is 5.02 Å². The fourth-order valence-corrected chi connectivity index (χ4v) is 3.07. The highest BCUT2D eigenvalue weighted by Gasteiger charge is 2.18. The van der Waals surface area contributed by atoms with Crippen molar-refractivity contribution in [2.75, 3.05) is 31.4 Å². The molecule has 0 aliphatic carbocycles. The van der Waals surface area contributed by atoms with E-state index >= 15 is 0 Å². The number of anilines is 2. The number of nitrogens with zero attached hydrogens (tertiary/aromatic N) is 4. The summed E-state index contributed by atoms with van der Waals surface area (Å²) in [5.41, 5.74) is 2.85. The molecule has 27 heavy (non-hydrogen) atoms. The number of hydrogen-bond donors (Lipinski definition) is 1. The number of nitrogens with one attached hydrogen (secondary N) is 1. The molecule has 8 heteroatoms. The third kappa shape index (κ3) is 3.78. The summed E-state index contributed by atoms with van der Waals surface area (Å²) in [6.07, 6.45) is 0. The van der Waals surface area contributed by atoms with Crippen molar-refractivity contribution in [3.05, 3.63) is 46.4 Å². The number of rotatable bonds is 4. The highest BCUT2D eigenvalue weighted by atomic mass is 35.5. The number of methoxy groups -OCH3 is 1. The number of amides is 1. The lowest BCUT2D eigenvalue weighted by Crippen LogP contribution is -2.20. The van der Waals surface area contributed by atoms with E-state index in [0.29, 0.717) is 27.9 Å². The topological polar surface area (TPSA) is 80.2 Å². The molecule has 0 radical (unpaired) electrons. The molecule has 0 fully saturated rings. The first-order chi connectivity index (χ1) is 12.8. The second-order valence-corrected chi connectivity index (χ2v) is 6.76. The van der Waals surface area contributed by atoms with Gasteiger partial charge in [0.2, 0.25) is 5.82 Å².